The van der Waals surface area contributed by atoms with Gasteiger partial charge in [0, 0.05) is 10.4 Å². The first kappa shape index (κ1) is 19.3. The van der Waals surface area contributed by atoms with E-state index in [0.29, 0.717) is 10.4 Å². The van der Waals surface area contributed by atoms with E-state index in [-0.39, 0.29) is 40.7 Å². The van der Waals surface area contributed by atoms with Crippen molar-refractivity contribution >= 4 is 46.1 Å². The molecular formula is C18H14Cl2O7. The fourth-order valence-electron chi connectivity index (χ4n) is 2.72. The van der Waals surface area contributed by atoms with Gasteiger partial charge in [-0.2, -0.15) is 0 Å². The van der Waals surface area contributed by atoms with Crippen LogP contribution in [0.4, 0.5) is 0 Å². The Morgan fingerprint density at radius 2 is 1.93 bits per heavy atom. The van der Waals surface area contributed by atoms with Crippen LogP contribution < -0.4 is 5.63 Å². The highest BCUT2D eigenvalue weighted by molar-refractivity contribution is 6.37. The summed E-state index contributed by atoms with van der Waals surface area (Å²) in [6, 6.07) is 4.53. The lowest BCUT2D eigenvalue weighted by molar-refractivity contribution is -0.143. The van der Waals surface area contributed by atoms with Gasteiger partial charge in [0.15, 0.2) is 6.10 Å². The number of carbonyl (C=O) groups is 2. The maximum absolute atomic E-state index is 12.5. The Balaban J connectivity index is 2.24. The molecule has 7 nitrogen and oxygen atoms in total. The predicted octanol–water partition coefficient (Wildman–Crippen LogP) is 3.55. The van der Waals surface area contributed by atoms with Gasteiger partial charge in [-0.25, -0.2) is 14.4 Å². The lowest BCUT2D eigenvalue weighted by Crippen LogP contribution is -2.20. The van der Waals surface area contributed by atoms with Crippen molar-refractivity contribution in [2.45, 2.75) is 20.0 Å². The highest BCUT2D eigenvalue weighted by Gasteiger charge is 2.44. The van der Waals surface area contributed by atoms with E-state index in [1.54, 1.807) is 13.8 Å². The van der Waals surface area contributed by atoms with E-state index in [4.69, 9.17) is 41.8 Å². The van der Waals surface area contributed by atoms with Gasteiger partial charge in [0.1, 0.15) is 16.7 Å². The molecule has 0 aliphatic carbocycles. The van der Waals surface area contributed by atoms with Crippen molar-refractivity contribution < 1.29 is 28.2 Å². The second kappa shape index (κ2) is 7.62. The normalized spacial score (nSPS) is 16.6. The molecule has 1 aliphatic heterocycles. The Hall–Kier alpha value is -2.51. The summed E-state index contributed by atoms with van der Waals surface area (Å²) in [7, 11) is 0. The molecule has 142 valence electrons. The summed E-state index contributed by atoms with van der Waals surface area (Å²) >= 11 is 12.4. The van der Waals surface area contributed by atoms with Crippen LogP contribution in [0.15, 0.2) is 38.7 Å². The number of carbonyl (C=O) groups excluding carboxylic acids is 2. The van der Waals surface area contributed by atoms with Gasteiger partial charge < -0.3 is 18.6 Å². The van der Waals surface area contributed by atoms with Crippen molar-refractivity contribution in [1.82, 2.24) is 0 Å². The minimum absolute atomic E-state index is 0.0407. The van der Waals surface area contributed by atoms with Crippen LogP contribution >= 0.6 is 23.2 Å². The molecule has 0 amide bonds. The second-order valence-corrected chi connectivity index (χ2v) is 6.25. The molecule has 1 aromatic carbocycles. The van der Waals surface area contributed by atoms with Gasteiger partial charge in [-0.15, -0.1) is 0 Å². The summed E-state index contributed by atoms with van der Waals surface area (Å²) in [4.78, 5) is 37.1. The van der Waals surface area contributed by atoms with Crippen molar-refractivity contribution in [3.8, 4) is 0 Å². The average Bonchev–Trinajstić information content (AvgIpc) is 2.93. The largest absolute Gasteiger partial charge is 0.486 e. The first-order valence-corrected chi connectivity index (χ1v) is 8.81. The summed E-state index contributed by atoms with van der Waals surface area (Å²) in [5, 5.41) is 0.660. The smallest absolute Gasteiger partial charge is 0.375 e. The maximum atomic E-state index is 12.5. The number of halogens is 2. The molecule has 1 atom stereocenters. The molecule has 0 N–H and O–H groups in total. The highest BCUT2D eigenvalue weighted by Crippen LogP contribution is 2.40. The van der Waals surface area contributed by atoms with Crippen molar-refractivity contribution in [3.63, 3.8) is 0 Å². The minimum atomic E-state index is -1.41. The van der Waals surface area contributed by atoms with Crippen LogP contribution in [0.2, 0.25) is 10.0 Å². The Bertz CT molecular complexity index is 1020. The van der Waals surface area contributed by atoms with Crippen LogP contribution in [0.1, 0.15) is 25.5 Å². The fraction of sp³-hybridized carbons (Fsp3) is 0.278. The molecule has 1 aliphatic rings. The zero-order valence-corrected chi connectivity index (χ0v) is 15.8. The standard InChI is InChI=1S/C18H14Cl2O7/c1-3-24-15-12(16(21)25-4-2)14(27-18(15)23)11-13(20)9-7-8(19)5-6-10(9)26-17(11)22/h5-7,14H,3-4H2,1-2H3. The predicted molar refractivity (Wildman–Crippen MR) is 96.6 cm³/mol. The van der Waals surface area contributed by atoms with Gasteiger partial charge in [-0.3, -0.25) is 0 Å². The molecule has 0 fully saturated rings. The third kappa shape index (κ3) is 3.40. The van der Waals surface area contributed by atoms with Crippen molar-refractivity contribution in [1.29, 1.82) is 0 Å². The lowest BCUT2D eigenvalue weighted by Gasteiger charge is -2.14. The van der Waals surface area contributed by atoms with Crippen LogP contribution in [0.5, 0.6) is 0 Å². The first-order valence-electron chi connectivity index (χ1n) is 8.05. The number of rotatable bonds is 5. The molecule has 1 aromatic heterocycles. The Kier molecular flexibility index (Phi) is 5.43. The number of hydrogen-bond acceptors (Lipinski definition) is 7. The van der Waals surface area contributed by atoms with Gasteiger partial charge in [0.2, 0.25) is 5.76 Å². The minimum Gasteiger partial charge on any atom is -0.486 e. The highest BCUT2D eigenvalue weighted by atomic mass is 35.5. The molecule has 27 heavy (non-hydrogen) atoms. The number of cyclic esters (lactones) is 1. The number of ether oxygens (including phenoxy) is 3. The van der Waals surface area contributed by atoms with Gasteiger partial charge in [-0.05, 0) is 32.0 Å². The molecule has 0 radical (unpaired) electrons. The monoisotopic (exact) mass is 412 g/mol. The van der Waals surface area contributed by atoms with Crippen LogP contribution in [0.25, 0.3) is 11.0 Å². The zero-order valence-electron chi connectivity index (χ0n) is 14.3. The van der Waals surface area contributed by atoms with E-state index in [1.807, 2.05) is 0 Å². The quantitative estimate of drug-likeness (QED) is 0.547. The average molecular weight is 413 g/mol. The zero-order chi connectivity index (χ0) is 19.7. The number of fused-ring (bicyclic) bond motifs is 1. The topological polar surface area (TPSA) is 92.0 Å². The van der Waals surface area contributed by atoms with Crippen LogP contribution in [0, 0.1) is 0 Å². The maximum Gasteiger partial charge on any atom is 0.375 e. The summed E-state index contributed by atoms with van der Waals surface area (Å²) in [5.74, 6) is -2.06. The molecule has 0 saturated heterocycles. The Labute approximate surface area is 163 Å². The molecule has 1 unspecified atom stereocenters. The third-order valence-corrected chi connectivity index (χ3v) is 4.44. The van der Waals surface area contributed by atoms with E-state index in [1.165, 1.54) is 18.2 Å². The molecule has 2 heterocycles. The second-order valence-electron chi connectivity index (χ2n) is 5.44. The van der Waals surface area contributed by atoms with Crippen molar-refractivity contribution in [3.05, 3.63) is 55.6 Å². The summed E-state index contributed by atoms with van der Waals surface area (Å²) in [5.41, 5.74) is -1.10. The van der Waals surface area contributed by atoms with Crippen LogP contribution in [-0.2, 0) is 23.8 Å². The summed E-state index contributed by atoms with van der Waals surface area (Å²) < 4.78 is 20.7. The SMILES string of the molecule is CCOC(=O)C1=C(OCC)C(=O)OC1c1c(Cl)c2cc(Cl)ccc2oc1=O. The van der Waals surface area contributed by atoms with E-state index in [9.17, 15) is 14.4 Å². The Morgan fingerprint density at radius 1 is 1.19 bits per heavy atom. The fourth-order valence-corrected chi connectivity index (χ4v) is 3.21. The summed E-state index contributed by atoms with van der Waals surface area (Å²) in [6.45, 7) is 3.40. The lowest BCUT2D eigenvalue weighted by atomic mass is 10.0. The molecule has 0 bridgehead atoms. The first-order chi connectivity index (χ1) is 12.9. The van der Waals surface area contributed by atoms with Crippen molar-refractivity contribution in [2.75, 3.05) is 13.2 Å². The van der Waals surface area contributed by atoms with E-state index in [2.05, 4.69) is 0 Å². The molecule has 9 heteroatoms. The molecule has 2 aromatic rings. The molecular weight excluding hydrogens is 399 g/mol. The number of hydrogen-bond donors (Lipinski definition) is 0. The van der Waals surface area contributed by atoms with Crippen molar-refractivity contribution in [2.24, 2.45) is 0 Å². The molecule has 0 spiro atoms. The molecule has 0 saturated carbocycles. The Morgan fingerprint density at radius 3 is 2.59 bits per heavy atom. The van der Waals surface area contributed by atoms with Gasteiger partial charge in [-0.1, -0.05) is 23.2 Å². The van der Waals surface area contributed by atoms with Crippen LogP contribution in [-0.4, -0.2) is 25.2 Å². The van der Waals surface area contributed by atoms with E-state index >= 15 is 0 Å². The third-order valence-electron chi connectivity index (χ3n) is 3.80. The van der Waals surface area contributed by atoms with Crippen LogP contribution in [0.3, 0.4) is 0 Å². The number of benzene rings is 1. The van der Waals surface area contributed by atoms with Gasteiger partial charge >= 0.3 is 17.6 Å². The van der Waals surface area contributed by atoms with Gasteiger partial charge in [0.05, 0.1) is 18.2 Å². The van der Waals surface area contributed by atoms with Gasteiger partial charge in [0.25, 0.3) is 0 Å². The van der Waals surface area contributed by atoms with E-state index < -0.39 is 23.7 Å². The van der Waals surface area contributed by atoms with E-state index in [0.717, 1.165) is 0 Å². The molecule has 3 rings (SSSR count). The summed E-state index contributed by atoms with van der Waals surface area (Å²) in [6.07, 6.45) is -1.41. The number of esters is 2.